The van der Waals surface area contributed by atoms with Gasteiger partial charge in [0, 0.05) is 24.7 Å². The molecule has 3 amide bonds. The third kappa shape index (κ3) is 6.44. The Morgan fingerprint density at radius 1 is 0.919 bits per heavy atom. The third-order valence-electron chi connectivity index (χ3n) is 6.24. The summed E-state index contributed by atoms with van der Waals surface area (Å²) >= 11 is 0. The van der Waals surface area contributed by atoms with E-state index in [0.717, 1.165) is 30.2 Å². The molecule has 0 fully saturated rings. The van der Waals surface area contributed by atoms with Gasteiger partial charge in [0.15, 0.2) is 0 Å². The topological polar surface area (TPSA) is 108 Å². The highest BCUT2D eigenvalue weighted by atomic mass is 19.1. The lowest BCUT2D eigenvalue weighted by atomic mass is 9.99. The lowest BCUT2D eigenvalue weighted by Gasteiger charge is -2.25. The fourth-order valence-electron chi connectivity index (χ4n) is 4.29. The number of halogens is 2. The maximum absolute atomic E-state index is 13.8. The maximum atomic E-state index is 13.8. The van der Waals surface area contributed by atoms with Gasteiger partial charge in [-0.15, -0.1) is 0 Å². The first-order valence-electron chi connectivity index (χ1n) is 12.0. The van der Waals surface area contributed by atoms with Crippen LogP contribution in [0.15, 0.2) is 60.7 Å². The van der Waals surface area contributed by atoms with Gasteiger partial charge in [-0.2, -0.15) is 0 Å². The second kappa shape index (κ2) is 11.4. The van der Waals surface area contributed by atoms with Gasteiger partial charge in [-0.3, -0.25) is 19.7 Å². The zero-order chi connectivity index (χ0) is 26.5. The second-order valence-corrected chi connectivity index (χ2v) is 8.98. The van der Waals surface area contributed by atoms with Gasteiger partial charge in [0.25, 0.3) is 17.7 Å². The summed E-state index contributed by atoms with van der Waals surface area (Å²) in [5.41, 5.74) is 2.84. The van der Waals surface area contributed by atoms with Crippen molar-refractivity contribution in [3.8, 4) is 0 Å². The maximum Gasteiger partial charge on any atom is 0.258 e. The molecule has 0 radical (unpaired) electrons. The molecule has 0 aromatic heterocycles. The minimum atomic E-state index is -1.11. The molecule has 1 aliphatic rings. The van der Waals surface area contributed by atoms with E-state index in [-0.39, 0.29) is 35.2 Å². The lowest BCUT2D eigenvalue weighted by Crippen LogP contribution is -2.48. The van der Waals surface area contributed by atoms with Crippen molar-refractivity contribution >= 4 is 17.7 Å². The van der Waals surface area contributed by atoms with Gasteiger partial charge in [0.2, 0.25) is 0 Å². The van der Waals surface area contributed by atoms with Crippen LogP contribution in [0.5, 0.6) is 0 Å². The van der Waals surface area contributed by atoms with E-state index in [1.807, 2.05) is 18.2 Å². The van der Waals surface area contributed by atoms with Crippen LogP contribution in [0.4, 0.5) is 8.78 Å². The SMILES string of the molecule is CCc1cccc(CNCC(O)C(Cc2cc(F)cc(F)c2)NC(=O)c2ccc3c(c2)C(=O)NC3=O)c1. The fourth-order valence-corrected chi connectivity index (χ4v) is 4.29. The van der Waals surface area contributed by atoms with Crippen LogP contribution in [0.2, 0.25) is 0 Å². The largest absolute Gasteiger partial charge is 0.390 e. The number of carbonyl (C=O) groups is 3. The zero-order valence-corrected chi connectivity index (χ0v) is 20.2. The Bertz CT molecular complexity index is 1320. The van der Waals surface area contributed by atoms with Gasteiger partial charge >= 0.3 is 0 Å². The Morgan fingerprint density at radius 3 is 2.35 bits per heavy atom. The average molecular weight is 508 g/mol. The predicted octanol–water partition coefficient (Wildman–Crippen LogP) is 2.90. The molecule has 7 nitrogen and oxygen atoms in total. The normalized spacial score (nSPS) is 14.2. The molecule has 0 aliphatic carbocycles. The number of hydrogen-bond acceptors (Lipinski definition) is 5. The first kappa shape index (κ1) is 26.1. The van der Waals surface area contributed by atoms with E-state index in [4.69, 9.17) is 0 Å². The van der Waals surface area contributed by atoms with Crippen molar-refractivity contribution in [2.45, 2.75) is 38.5 Å². The van der Waals surface area contributed by atoms with E-state index in [2.05, 4.69) is 28.9 Å². The minimum absolute atomic E-state index is 0.0432. The van der Waals surface area contributed by atoms with Crippen molar-refractivity contribution in [1.82, 2.24) is 16.0 Å². The van der Waals surface area contributed by atoms with Crippen LogP contribution in [-0.4, -0.2) is 41.5 Å². The first-order valence-corrected chi connectivity index (χ1v) is 12.0. The number of carbonyl (C=O) groups excluding carboxylic acids is 3. The van der Waals surface area contributed by atoms with Gasteiger partial charge in [-0.05, 0) is 59.9 Å². The van der Waals surface area contributed by atoms with E-state index in [9.17, 15) is 28.3 Å². The molecule has 0 saturated carbocycles. The average Bonchev–Trinajstić information content (AvgIpc) is 3.15. The smallest absolute Gasteiger partial charge is 0.258 e. The first-order chi connectivity index (χ1) is 17.7. The Hall–Kier alpha value is -3.95. The highest BCUT2D eigenvalue weighted by molar-refractivity contribution is 6.22. The van der Waals surface area contributed by atoms with Crippen LogP contribution in [0.25, 0.3) is 0 Å². The molecular formula is C28H27F2N3O4. The van der Waals surface area contributed by atoms with Crippen molar-refractivity contribution < 1.29 is 28.3 Å². The van der Waals surface area contributed by atoms with Crippen LogP contribution < -0.4 is 16.0 Å². The molecule has 2 atom stereocenters. The Kier molecular flexibility index (Phi) is 8.05. The molecule has 1 aliphatic heterocycles. The Labute approximate surface area is 212 Å². The molecule has 0 saturated heterocycles. The number of fused-ring (bicyclic) bond motifs is 1. The van der Waals surface area contributed by atoms with E-state index < -0.39 is 41.5 Å². The minimum Gasteiger partial charge on any atom is -0.390 e. The molecular weight excluding hydrogens is 480 g/mol. The number of aliphatic hydroxyl groups is 1. The summed E-state index contributed by atoms with van der Waals surface area (Å²) in [7, 11) is 0. The number of benzene rings is 3. The van der Waals surface area contributed by atoms with Gasteiger partial charge in [0.1, 0.15) is 11.6 Å². The van der Waals surface area contributed by atoms with Crippen molar-refractivity contribution in [1.29, 1.82) is 0 Å². The van der Waals surface area contributed by atoms with Gasteiger partial charge in [0.05, 0.1) is 23.3 Å². The molecule has 3 aromatic rings. The number of imide groups is 1. The van der Waals surface area contributed by atoms with Crippen LogP contribution in [0.3, 0.4) is 0 Å². The monoisotopic (exact) mass is 507 g/mol. The highest BCUT2D eigenvalue weighted by Gasteiger charge is 2.29. The van der Waals surface area contributed by atoms with E-state index in [1.54, 1.807) is 0 Å². The van der Waals surface area contributed by atoms with Crippen molar-refractivity contribution in [2.75, 3.05) is 6.54 Å². The quantitative estimate of drug-likeness (QED) is 0.316. The van der Waals surface area contributed by atoms with E-state index in [1.165, 1.54) is 23.8 Å². The molecule has 2 unspecified atom stereocenters. The summed E-state index contributed by atoms with van der Waals surface area (Å²) < 4.78 is 27.6. The fraction of sp³-hybridized carbons (Fsp3) is 0.250. The molecule has 0 bridgehead atoms. The summed E-state index contributed by atoms with van der Waals surface area (Å²) in [5, 5.41) is 19.0. The highest BCUT2D eigenvalue weighted by Crippen LogP contribution is 2.18. The molecule has 4 N–H and O–H groups in total. The second-order valence-electron chi connectivity index (χ2n) is 8.98. The van der Waals surface area contributed by atoms with E-state index >= 15 is 0 Å². The predicted molar refractivity (Wildman–Crippen MR) is 133 cm³/mol. The van der Waals surface area contributed by atoms with Gasteiger partial charge in [-0.25, -0.2) is 8.78 Å². The Morgan fingerprint density at radius 2 is 1.62 bits per heavy atom. The number of nitrogens with one attached hydrogen (secondary N) is 3. The van der Waals surface area contributed by atoms with Crippen molar-refractivity contribution in [2.24, 2.45) is 0 Å². The molecule has 192 valence electrons. The third-order valence-corrected chi connectivity index (χ3v) is 6.24. The lowest BCUT2D eigenvalue weighted by molar-refractivity contribution is 0.0829. The molecule has 1 heterocycles. The number of rotatable bonds is 10. The molecule has 4 rings (SSSR count). The van der Waals surface area contributed by atoms with Crippen LogP contribution in [0, 0.1) is 11.6 Å². The summed E-state index contributed by atoms with van der Waals surface area (Å²) in [6.07, 6.45) is -0.255. The zero-order valence-electron chi connectivity index (χ0n) is 20.2. The number of aryl methyl sites for hydroxylation is 1. The molecule has 37 heavy (non-hydrogen) atoms. The van der Waals surface area contributed by atoms with Gasteiger partial charge < -0.3 is 15.7 Å². The number of hydrogen-bond donors (Lipinski definition) is 4. The summed E-state index contributed by atoms with van der Waals surface area (Å²) in [5.74, 6) is -3.27. The van der Waals surface area contributed by atoms with E-state index in [0.29, 0.717) is 6.54 Å². The van der Waals surface area contributed by atoms with Crippen LogP contribution >= 0.6 is 0 Å². The molecule has 3 aromatic carbocycles. The van der Waals surface area contributed by atoms with Crippen molar-refractivity contribution in [3.63, 3.8) is 0 Å². The molecule has 9 heteroatoms. The Balaban J connectivity index is 1.49. The summed E-state index contributed by atoms with van der Waals surface area (Å²) in [4.78, 5) is 36.8. The molecule has 0 spiro atoms. The van der Waals surface area contributed by atoms with Crippen molar-refractivity contribution in [3.05, 3.63) is 106 Å². The standard InChI is InChI=1S/C28H27F2N3O4/c1-2-16-4-3-5-17(8-16)14-31-15-25(34)24(11-18-9-20(29)13-21(30)10-18)32-26(35)19-6-7-22-23(12-19)28(37)33-27(22)36/h3-10,12-13,24-25,31,34H,2,11,14-15H2,1H3,(H,32,35)(H,33,36,37). The van der Waals surface area contributed by atoms with Crippen LogP contribution in [0.1, 0.15) is 54.7 Å². The summed E-state index contributed by atoms with van der Waals surface area (Å²) in [6, 6.07) is 14.2. The number of amides is 3. The number of aliphatic hydroxyl groups excluding tert-OH is 1. The van der Waals surface area contributed by atoms with Crippen LogP contribution in [-0.2, 0) is 19.4 Å². The van der Waals surface area contributed by atoms with Gasteiger partial charge in [-0.1, -0.05) is 31.2 Å². The summed E-state index contributed by atoms with van der Waals surface area (Å²) in [6.45, 7) is 2.64.